The van der Waals surface area contributed by atoms with Crippen molar-refractivity contribution in [3.8, 4) is 6.07 Å². The van der Waals surface area contributed by atoms with Crippen molar-refractivity contribution >= 4 is 17.7 Å². The van der Waals surface area contributed by atoms with Crippen LogP contribution in [0.4, 0.5) is 0 Å². The van der Waals surface area contributed by atoms with E-state index in [1.165, 1.54) is 0 Å². The van der Waals surface area contributed by atoms with Crippen LogP contribution in [0.5, 0.6) is 0 Å². The maximum absolute atomic E-state index is 11.8. The van der Waals surface area contributed by atoms with Gasteiger partial charge in [0.1, 0.15) is 0 Å². The Labute approximate surface area is 129 Å². The molecule has 0 radical (unpaired) electrons. The number of benzene rings is 1. The van der Waals surface area contributed by atoms with Crippen LogP contribution in [0.15, 0.2) is 24.3 Å². The van der Waals surface area contributed by atoms with Gasteiger partial charge in [0, 0.05) is 11.8 Å². The third-order valence-electron chi connectivity index (χ3n) is 3.65. The number of carbonyl (C=O) groups is 1. The number of nitrogens with one attached hydrogen (secondary N) is 1. The Balaban J connectivity index is 1.65. The van der Waals surface area contributed by atoms with Crippen LogP contribution >= 0.6 is 11.8 Å². The zero-order valence-corrected chi connectivity index (χ0v) is 12.7. The van der Waals surface area contributed by atoms with Crippen LogP contribution in [0, 0.1) is 11.3 Å². The van der Waals surface area contributed by atoms with E-state index in [0.29, 0.717) is 11.3 Å². The molecule has 1 aromatic carbocycles. The average Bonchev–Trinajstić information content (AvgIpc) is 2.50. The van der Waals surface area contributed by atoms with Crippen molar-refractivity contribution < 1.29 is 9.90 Å². The van der Waals surface area contributed by atoms with Crippen molar-refractivity contribution in [3.63, 3.8) is 0 Å². The van der Waals surface area contributed by atoms with Crippen LogP contribution in [0.3, 0.4) is 0 Å². The second kappa shape index (κ2) is 8.06. The van der Waals surface area contributed by atoms with Crippen molar-refractivity contribution in [2.24, 2.45) is 0 Å². The maximum atomic E-state index is 11.8. The highest BCUT2D eigenvalue weighted by atomic mass is 32.2. The molecule has 2 rings (SSSR count). The first-order valence-corrected chi connectivity index (χ1v) is 8.37. The number of nitrogens with zero attached hydrogens (tertiary/aromatic N) is 1. The number of rotatable bonds is 5. The lowest BCUT2D eigenvalue weighted by atomic mass is 9.93. The summed E-state index contributed by atoms with van der Waals surface area (Å²) in [6, 6.07) is 9.74. The van der Waals surface area contributed by atoms with Crippen molar-refractivity contribution in [2.45, 2.75) is 43.6 Å². The Morgan fingerprint density at radius 2 is 1.95 bits per heavy atom. The Kier molecular flexibility index (Phi) is 6.09. The molecule has 2 N–H and O–H groups in total. The second-order valence-corrected chi connectivity index (χ2v) is 6.36. The minimum Gasteiger partial charge on any atom is -0.393 e. The second-order valence-electron chi connectivity index (χ2n) is 5.37. The molecule has 21 heavy (non-hydrogen) atoms. The summed E-state index contributed by atoms with van der Waals surface area (Å²) in [7, 11) is 0. The zero-order valence-electron chi connectivity index (χ0n) is 11.9. The van der Waals surface area contributed by atoms with Crippen LogP contribution in [0.2, 0.25) is 0 Å². The van der Waals surface area contributed by atoms with Gasteiger partial charge in [-0.25, -0.2) is 0 Å². The number of hydrogen-bond acceptors (Lipinski definition) is 4. The molecule has 4 nitrogen and oxygen atoms in total. The standard InChI is InChI=1S/C16H20N2O2S/c17-9-12-1-3-13(4-2-12)10-21-11-16(20)18-14-5-7-15(19)8-6-14/h1-4,14-15,19H,5-8,10-11H2,(H,18,20). The minimum absolute atomic E-state index is 0.0648. The highest BCUT2D eigenvalue weighted by Crippen LogP contribution is 2.19. The summed E-state index contributed by atoms with van der Waals surface area (Å²) in [5.41, 5.74) is 1.77. The van der Waals surface area contributed by atoms with Crippen LogP contribution in [-0.2, 0) is 10.5 Å². The quantitative estimate of drug-likeness (QED) is 0.875. The van der Waals surface area contributed by atoms with Gasteiger partial charge in [0.25, 0.3) is 0 Å². The first kappa shape index (κ1) is 15.9. The fourth-order valence-corrected chi connectivity index (χ4v) is 3.23. The van der Waals surface area contributed by atoms with Gasteiger partial charge in [-0.3, -0.25) is 4.79 Å². The fourth-order valence-electron chi connectivity index (χ4n) is 2.43. The largest absolute Gasteiger partial charge is 0.393 e. The molecule has 0 aliphatic heterocycles. The molecule has 0 bridgehead atoms. The molecule has 0 spiro atoms. The highest BCUT2D eigenvalue weighted by molar-refractivity contribution is 7.99. The van der Waals surface area contributed by atoms with Crippen molar-refractivity contribution in [1.82, 2.24) is 5.32 Å². The van der Waals surface area contributed by atoms with Gasteiger partial charge in [-0.2, -0.15) is 5.26 Å². The van der Waals surface area contributed by atoms with E-state index in [0.717, 1.165) is 37.0 Å². The summed E-state index contributed by atoms with van der Waals surface area (Å²) in [6.07, 6.45) is 3.11. The third-order valence-corrected chi connectivity index (χ3v) is 4.65. The van der Waals surface area contributed by atoms with E-state index in [2.05, 4.69) is 11.4 Å². The van der Waals surface area contributed by atoms with Crippen LogP contribution < -0.4 is 5.32 Å². The number of aliphatic hydroxyl groups is 1. The van der Waals surface area contributed by atoms with Gasteiger partial charge in [-0.05, 0) is 43.4 Å². The molecule has 1 saturated carbocycles. The Hall–Kier alpha value is -1.51. The van der Waals surface area contributed by atoms with Gasteiger partial charge in [-0.1, -0.05) is 12.1 Å². The fraction of sp³-hybridized carbons (Fsp3) is 0.500. The minimum atomic E-state index is -0.191. The van der Waals surface area contributed by atoms with Crippen LogP contribution in [0.25, 0.3) is 0 Å². The van der Waals surface area contributed by atoms with Gasteiger partial charge in [-0.15, -0.1) is 11.8 Å². The van der Waals surface area contributed by atoms with Crippen molar-refractivity contribution in [1.29, 1.82) is 5.26 Å². The molecule has 0 unspecified atom stereocenters. The molecule has 0 atom stereocenters. The van der Waals surface area contributed by atoms with Gasteiger partial charge in [0.05, 0.1) is 23.5 Å². The predicted molar refractivity (Wildman–Crippen MR) is 83.7 cm³/mol. The summed E-state index contributed by atoms with van der Waals surface area (Å²) in [4.78, 5) is 11.8. The Morgan fingerprint density at radius 3 is 2.57 bits per heavy atom. The van der Waals surface area contributed by atoms with Crippen molar-refractivity contribution in [2.75, 3.05) is 5.75 Å². The Bertz CT molecular complexity index is 502. The number of hydrogen-bond donors (Lipinski definition) is 2. The summed E-state index contributed by atoms with van der Waals surface area (Å²) >= 11 is 1.57. The summed E-state index contributed by atoms with van der Waals surface area (Å²) in [5, 5.41) is 21.2. The number of thioether (sulfide) groups is 1. The highest BCUT2D eigenvalue weighted by Gasteiger charge is 2.20. The van der Waals surface area contributed by atoms with E-state index in [9.17, 15) is 9.90 Å². The zero-order chi connectivity index (χ0) is 15.1. The van der Waals surface area contributed by atoms with Gasteiger partial charge in [0.15, 0.2) is 0 Å². The van der Waals surface area contributed by atoms with Gasteiger partial charge < -0.3 is 10.4 Å². The molecule has 1 amide bonds. The molecule has 0 heterocycles. The normalized spacial score (nSPS) is 21.5. The molecular weight excluding hydrogens is 284 g/mol. The molecule has 1 aliphatic rings. The first-order chi connectivity index (χ1) is 10.2. The number of aliphatic hydroxyl groups excluding tert-OH is 1. The molecule has 5 heteroatoms. The monoisotopic (exact) mass is 304 g/mol. The smallest absolute Gasteiger partial charge is 0.230 e. The molecule has 0 aromatic heterocycles. The molecule has 1 fully saturated rings. The summed E-state index contributed by atoms with van der Waals surface area (Å²) in [6.45, 7) is 0. The van der Waals surface area contributed by atoms with Crippen LogP contribution in [0.1, 0.15) is 36.8 Å². The summed E-state index contributed by atoms with van der Waals surface area (Å²) < 4.78 is 0. The predicted octanol–water partition coefficient (Wildman–Crippen LogP) is 2.21. The lowest BCUT2D eigenvalue weighted by Crippen LogP contribution is -2.39. The van der Waals surface area contributed by atoms with E-state index in [-0.39, 0.29) is 18.1 Å². The van der Waals surface area contributed by atoms with E-state index >= 15 is 0 Å². The number of amides is 1. The lowest BCUT2D eigenvalue weighted by Gasteiger charge is -2.26. The third kappa shape index (κ3) is 5.41. The number of carbonyl (C=O) groups excluding carboxylic acids is 1. The molecule has 1 aliphatic carbocycles. The lowest BCUT2D eigenvalue weighted by molar-refractivity contribution is -0.119. The van der Waals surface area contributed by atoms with Gasteiger partial charge in [0.2, 0.25) is 5.91 Å². The molecule has 1 aromatic rings. The maximum Gasteiger partial charge on any atom is 0.230 e. The first-order valence-electron chi connectivity index (χ1n) is 7.21. The van der Waals surface area contributed by atoms with E-state index in [1.807, 2.05) is 12.1 Å². The topological polar surface area (TPSA) is 73.1 Å². The molecule has 112 valence electrons. The molecular formula is C16H20N2O2S. The Morgan fingerprint density at radius 1 is 1.29 bits per heavy atom. The van der Waals surface area contributed by atoms with E-state index < -0.39 is 0 Å². The van der Waals surface area contributed by atoms with Crippen LogP contribution in [-0.4, -0.2) is 28.9 Å². The average molecular weight is 304 g/mol. The number of nitriles is 1. The summed E-state index contributed by atoms with van der Waals surface area (Å²) in [5.74, 6) is 1.27. The van der Waals surface area contributed by atoms with E-state index in [4.69, 9.17) is 5.26 Å². The van der Waals surface area contributed by atoms with E-state index in [1.54, 1.807) is 23.9 Å². The van der Waals surface area contributed by atoms with Crippen molar-refractivity contribution in [3.05, 3.63) is 35.4 Å². The SMILES string of the molecule is N#Cc1ccc(CSCC(=O)NC2CCC(O)CC2)cc1. The molecule has 0 saturated heterocycles. The van der Waals surface area contributed by atoms with Gasteiger partial charge >= 0.3 is 0 Å².